The number of hydrogen-bond donors (Lipinski definition) is 0. The van der Waals surface area contributed by atoms with Crippen molar-refractivity contribution in [1.82, 2.24) is 0 Å². The number of carbonyl (C=O) groups excluding carboxylic acids is 1. The molecule has 2 aromatic carbocycles. The second-order valence-electron chi connectivity index (χ2n) is 7.60. The molecule has 1 aliphatic rings. The Labute approximate surface area is 188 Å². The van der Waals surface area contributed by atoms with E-state index >= 15 is 0 Å². The van der Waals surface area contributed by atoms with Crippen LogP contribution in [0.15, 0.2) is 36.4 Å². The Bertz CT molecular complexity index is 1030. The summed E-state index contributed by atoms with van der Waals surface area (Å²) >= 11 is 0. The van der Waals surface area contributed by atoms with Crippen LogP contribution in [0.2, 0.25) is 0 Å². The fourth-order valence-electron chi connectivity index (χ4n) is 3.32. The fourth-order valence-corrected chi connectivity index (χ4v) is 3.32. The quantitative estimate of drug-likeness (QED) is 0.316. The summed E-state index contributed by atoms with van der Waals surface area (Å²) in [5, 5.41) is 0. The molecule has 170 valence electrons. The molecule has 7 heteroatoms. The highest BCUT2D eigenvalue weighted by Gasteiger charge is 2.27. The van der Waals surface area contributed by atoms with Crippen molar-refractivity contribution in [1.29, 1.82) is 0 Å². The Kier molecular flexibility index (Phi) is 7.10. The van der Waals surface area contributed by atoms with Crippen LogP contribution in [-0.4, -0.2) is 46.6 Å². The van der Waals surface area contributed by atoms with E-state index in [0.29, 0.717) is 39.9 Å². The molecule has 0 spiro atoms. The lowest BCUT2D eigenvalue weighted by molar-refractivity contribution is 0.0471. The van der Waals surface area contributed by atoms with Crippen LogP contribution in [0.25, 0.3) is 12.2 Å². The summed E-state index contributed by atoms with van der Waals surface area (Å²) in [6, 6.07) is 6.98. The van der Waals surface area contributed by atoms with E-state index in [-0.39, 0.29) is 12.6 Å². The van der Waals surface area contributed by atoms with Crippen molar-refractivity contribution in [3.05, 3.63) is 53.1 Å². The van der Waals surface area contributed by atoms with E-state index in [1.165, 1.54) is 27.4 Å². The van der Waals surface area contributed by atoms with Crippen molar-refractivity contribution in [2.45, 2.75) is 19.4 Å². The first kappa shape index (κ1) is 23.2. The smallest absolute Gasteiger partial charge is 0.206 e. The average molecular weight is 440 g/mol. The van der Waals surface area contributed by atoms with Gasteiger partial charge in [-0.25, -0.2) is 0 Å². The molecular weight excluding hydrogens is 412 g/mol. The minimum absolute atomic E-state index is 0.0494. The molecule has 0 radical (unpaired) electrons. The first-order valence-electron chi connectivity index (χ1n) is 10.0. The highest BCUT2D eigenvalue weighted by molar-refractivity contribution is 6.09. The number of benzene rings is 2. The second-order valence-corrected chi connectivity index (χ2v) is 7.60. The van der Waals surface area contributed by atoms with Gasteiger partial charge >= 0.3 is 0 Å². The van der Waals surface area contributed by atoms with Gasteiger partial charge in [0, 0.05) is 7.11 Å². The maximum atomic E-state index is 13.1. The third-order valence-corrected chi connectivity index (χ3v) is 4.89. The zero-order valence-electron chi connectivity index (χ0n) is 19.2. The van der Waals surface area contributed by atoms with Gasteiger partial charge in [0.05, 0.1) is 32.5 Å². The van der Waals surface area contributed by atoms with E-state index in [2.05, 4.69) is 0 Å². The molecule has 0 atom stereocenters. The fraction of sp³-hybridized carbons (Fsp3) is 0.320. The molecular formula is C25H28O7. The summed E-state index contributed by atoms with van der Waals surface area (Å²) in [6.07, 6.45) is 7.04. The maximum Gasteiger partial charge on any atom is 0.206 e. The molecule has 0 amide bonds. The number of fused-ring (bicyclic) bond motifs is 1. The average Bonchev–Trinajstić information content (AvgIpc) is 2.79. The Balaban J connectivity index is 1.95. The minimum Gasteiger partial charge on any atom is -0.496 e. The number of ether oxygens (including phenoxy) is 6. The Morgan fingerprint density at radius 3 is 2.25 bits per heavy atom. The van der Waals surface area contributed by atoms with Gasteiger partial charge in [-0.05, 0) is 61.9 Å². The summed E-state index contributed by atoms with van der Waals surface area (Å²) in [5.41, 5.74) is 1.37. The van der Waals surface area contributed by atoms with Crippen LogP contribution in [0.4, 0.5) is 0 Å². The molecule has 7 nitrogen and oxygen atoms in total. The standard InChI is InChI=1S/C25H28O7/c1-25(2)12-11-18-20(28-4)10-8-17(23(18)32-25)19(26)9-7-16-13-21(29-5)24(31-15-27-3)22(14-16)30-6/h7-14H,15H2,1-6H3. The highest BCUT2D eigenvalue weighted by Crippen LogP contribution is 2.41. The third kappa shape index (κ3) is 4.89. The summed E-state index contributed by atoms with van der Waals surface area (Å²) in [4.78, 5) is 13.1. The summed E-state index contributed by atoms with van der Waals surface area (Å²) in [6.45, 7) is 3.91. The summed E-state index contributed by atoms with van der Waals surface area (Å²) < 4.78 is 32.9. The van der Waals surface area contributed by atoms with E-state index < -0.39 is 5.60 Å². The predicted molar refractivity (Wildman–Crippen MR) is 122 cm³/mol. The monoisotopic (exact) mass is 440 g/mol. The number of rotatable bonds is 9. The molecule has 3 rings (SSSR count). The molecule has 32 heavy (non-hydrogen) atoms. The van der Waals surface area contributed by atoms with Gasteiger partial charge in [0.1, 0.15) is 17.1 Å². The van der Waals surface area contributed by atoms with Gasteiger partial charge in [0.2, 0.25) is 5.75 Å². The van der Waals surface area contributed by atoms with Crippen molar-refractivity contribution >= 4 is 17.9 Å². The number of ketones is 1. The van der Waals surface area contributed by atoms with Crippen molar-refractivity contribution in [2.75, 3.05) is 35.2 Å². The van der Waals surface area contributed by atoms with Crippen LogP contribution in [0.1, 0.15) is 35.3 Å². The van der Waals surface area contributed by atoms with Gasteiger partial charge in [-0.2, -0.15) is 0 Å². The van der Waals surface area contributed by atoms with Crippen molar-refractivity contribution in [3.8, 4) is 28.7 Å². The molecule has 0 saturated heterocycles. The Morgan fingerprint density at radius 1 is 1.00 bits per heavy atom. The molecule has 0 aromatic heterocycles. The van der Waals surface area contributed by atoms with Gasteiger partial charge < -0.3 is 28.4 Å². The molecule has 0 saturated carbocycles. The van der Waals surface area contributed by atoms with Gasteiger partial charge in [-0.3, -0.25) is 4.79 Å². The third-order valence-electron chi connectivity index (χ3n) is 4.89. The zero-order chi connectivity index (χ0) is 23.3. The van der Waals surface area contributed by atoms with E-state index in [0.717, 1.165) is 5.56 Å². The molecule has 0 N–H and O–H groups in total. The minimum atomic E-state index is -0.531. The molecule has 0 unspecified atom stereocenters. The van der Waals surface area contributed by atoms with Gasteiger partial charge in [-0.15, -0.1) is 0 Å². The Morgan fingerprint density at radius 2 is 1.66 bits per heavy atom. The van der Waals surface area contributed by atoms with Crippen molar-refractivity contribution in [2.24, 2.45) is 0 Å². The number of carbonyl (C=O) groups is 1. The number of hydrogen-bond acceptors (Lipinski definition) is 7. The van der Waals surface area contributed by atoms with E-state index in [1.54, 1.807) is 37.5 Å². The lowest BCUT2D eigenvalue weighted by Gasteiger charge is -2.29. The molecule has 2 aromatic rings. The lowest BCUT2D eigenvalue weighted by Crippen LogP contribution is -2.28. The van der Waals surface area contributed by atoms with Gasteiger partial charge in [-0.1, -0.05) is 6.08 Å². The van der Waals surface area contributed by atoms with E-state index in [9.17, 15) is 4.79 Å². The molecule has 0 aliphatic carbocycles. The molecule has 0 bridgehead atoms. The molecule has 0 fully saturated rings. The first-order chi connectivity index (χ1) is 15.3. The topological polar surface area (TPSA) is 72.5 Å². The Hall–Kier alpha value is -3.45. The van der Waals surface area contributed by atoms with Crippen molar-refractivity contribution < 1.29 is 33.2 Å². The molecule has 1 aliphatic heterocycles. The van der Waals surface area contributed by atoms with Crippen LogP contribution in [0, 0.1) is 0 Å². The number of allylic oxidation sites excluding steroid dienone is 1. The molecule has 1 heterocycles. The second kappa shape index (κ2) is 9.78. The first-order valence-corrected chi connectivity index (χ1v) is 10.0. The normalized spacial score (nSPS) is 13.9. The SMILES string of the molecule is COCOc1c(OC)cc(C=CC(=O)c2ccc(OC)c3c2OC(C)(C)C=C3)cc1OC. The van der Waals surface area contributed by atoms with Crippen LogP contribution in [0.5, 0.6) is 28.7 Å². The maximum absolute atomic E-state index is 13.1. The van der Waals surface area contributed by atoms with Gasteiger partial charge in [0.25, 0.3) is 0 Å². The highest BCUT2D eigenvalue weighted by atomic mass is 16.7. The lowest BCUT2D eigenvalue weighted by atomic mass is 9.97. The summed E-state index contributed by atoms with van der Waals surface area (Å²) in [7, 11) is 6.18. The van der Waals surface area contributed by atoms with Crippen LogP contribution in [-0.2, 0) is 4.74 Å². The van der Waals surface area contributed by atoms with Crippen molar-refractivity contribution in [3.63, 3.8) is 0 Å². The largest absolute Gasteiger partial charge is 0.496 e. The van der Waals surface area contributed by atoms with Gasteiger partial charge in [0.15, 0.2) is 24.1 Å². The van der Waals surface area contributed by atoms with Crippen LogP contribution >= 0.6 is 0 Å². The van der Waals surface area contributed by atoms with E-state index in [1.807, 2.05) is 26.0 Å². The number of methoxy groups -OCH3 is 4. The van der Waals surface area contributed by atoms with Crippen LogP contribution in [0.3, 0.4) is 0 Å². The van der Waals surface area contributed by atoms with E-state index in [4.69, 9.17) is 28.4 Å². The summed E-state index contributed by atoms with van der Waals surface area (Å²) in [5.74, 6) is 2.30. The van der Waals surface area contributed by atoms with Crippen LogP contribution < -0.4 is 23.7 Å². The predicted octanol–water partition coefficient (Wildman–Crippen LogP) is 4.78. The zero-order valence-corrected chi connectivity index (χ0v) is 19.2.